The summed E-state index contributed by atoms with van der Waals surface area (Å²) in [5.74, 6) is 1.03. The number of rotatable bonds is 8. The molecule has 0 fully saturated rings. The summed E-state index contributed by atoms with van der Waals surface area (Å²) in [6.07, 6.45) is 5.81. The van der Waals surface area contributed by atoms with E-state index in [1.165, 1.54) is 4.88 Å². The maximum Gasteiger partial charge on any atom is 0.259 e. The minimum atomic E-state index is -0.131. The van der Waals surface area contributed by atoms with E-state index in [0.717, 1.165) is 52.5 Å². The Hall–Kier alpha value is -3.13. The van der Waals surface area contributed by atoms with Gasteiger partial charge in [-0.3, -0.25) is 4.79 Å². The highest BCUT2D eigenvalue weighted by Crippen LogP contribution is 2.41. The van der Waals surface area contributed by atoms with Crippen LogP contribution in [0.25, 0.3) is 0 Å². The van der Waals surface area contributed by atoms with E-state index in [9.17, 15) is 4.79 Å². The molecule has 1 aliphatic rings. The first kappa shape index (κ1) is 26.5. The lowest BCUT2D eigenvalue weighted by Gasteiger charge is -2.14. The van der Waals surface area contributed by atoms with Crippen LogP contribution < -0.4 is 14.8 Å². The maximum atomic E-state index is 13.4. The summed E-state index contributed by atoms with van der Waals surface area (Å²) in [4.78, 5) is 19.5. The number of hydrogen-bond acceptors (Lipinski definition) is 5. The van der Waals surface area contributed by atoms with Crippen LogP contribution in [0.2, 0.25) is 5.02 Å². The summed E-state index contributed by atoms with van der Waals surface area (Å²) in [7, 11) is 1.61. The van der Waals surface area contributed by atoms with E-state index < -0.39 is 0 Å². The highest BCUT2D eigenvalue weighted by Gasteiger charge is 2.25. The van der Waals surface area contributed by atoms with Crippen LogP contribution >= 0.6 is 38.9 Å². The van der Waals surface area contributed by atoms with Crippen molar-refractivity contribution in [3.8, 4) is 11.5 Å². The van der Waals surface area contributed by atoms with E-state index in [1.54, 1.807) is 24.7 Å². The molecule has 1 heterocycles. The van der Waals surface area contributed by atoms with Crippen molar-refractivity contribution in [1.29, 1.82) is 0 Å². The molecule has 1 N–H and O–H groups in total. The fourth-order valence-corrected chi connectivity index (χ4v) is 6.26. The molecule has 38 heavy (non-hydrogen) atoms. The topological polar surface area (TPSA) is 59.9 Å². The third-order valence-electron chi connectivity index (χ3n) is 6.30. The molecular formula is C30H26BrClN2O3S. The summed E-state index contributed by atoms with van der Waals surface area (Å²) < 4.78 is 12.7. The summed E-state index contributed by atoms with van der Waals surface area (Å²) >= 11 is 11.2. The molecule has 0 radical (unpaired) electrons. The third-order valence-corrected chi connectivity index (χ3v) is 8.21. The van der Waals surface area contributed by atoms with Crippen LogP contribution in [0.5, 0.6) is 11.5 Å². The minimum absolute atomic E-state index is 0.131. The predicted octanol–water partition coefficient (Wildman–Crippen LogP) is 8.63. The predicted molar refractivity (Wildman–Crippen MR) is 159 cm³/mol. The van der Waals surface area contributed by atoms with E-state index in [2.05, 4.69) is 21.2 Å². The normalized spacial score (nSPS) is 12.8. The molecule has 0 unspecified atom stereocenters. The molecule has 0 atom stereocenters. The first-order valence-corrected chi connectivity index (χ1v) is 14.3. The average Bonchev–Trinajstić information content (AvgIpc) is 3.31. The molecule has 8 heteroatoms. The zero-order chi connectivity index (χ0) is 26.5. The molecule has 1 amide bonds. The van der Waals surface area contributed by atoms with Crippen LogP contribution in [-0.4, -0.2) is 19.2 Å². The van der Waals surface area contributed by atoms with Crippen molar-refractivity contribution in [3.63, 3.8) is 0 Å². The van der Waals surface area contributed by atoms with Crippen molar-refractivity contribution in [3.05, 3.63) is 103 Å². The number of hydrogen-bond donors (Lipinski definition) is 1. The molecule has 0 saturated heterocycles. The SMILES string of the molecule is COc1cc(Br)cc(C=Nc2sc3c(c2C(=O)Nc2ccccc2)CCCC3)c1OCc1ccc(Cl)cc1. The van der Waals surface area contributed by atoms with Crippen molar-refractivity contribution >= 4 is 61.7 Å². The second-order valence-corrected chi connectivity index (χ2v) is 11.3. The second kappa shape index (κ2) is 12.2. The maximum absolute atomic E-state index is 13.4. The summed E-state index contributed by atoms with van der Waals surface area (Å²) in [6, 6.07) is 20.8. The van der Waals surface area contributed by atoms with Gasteiger partial charge >= 0.3 is 0 Å². The molecule has 3 aromatic carbocycles. The minimum Gasteiger partial charge on any atom is -0.493 e. The zero-order valence-electron chi connectivity index (χ0n) is 20.8. The number of nitrogens with one attached hydrogen (secondary N) is 1. The lowest BCUT2D eigenvalue weighted by Crippen LogP contribution is -2.14. The van der Waals surface area contributed by atoms with Crippen molar-refractivity contribution in [2.75, 3.05) is 12.4 Å². The fraction of sp³-hybridized carbons (Fsp3) is 0.200. The summed E-state index contributed by atoms with van der Waals surface area (Å²) in [5.41, 5.74) is 4.26. The molecule has 4 aromatic rings. The van der Waals surface area contributed by atoms with Crippen LogP contribution in [0.1, 0.15) is 44.8 Å². The van der Waals surface area contributed by atoms with Crippen LogP contribution in [0.4, 0.5) is 10.7 Å². The molecule has 5 nitrogen and oxygen atoms in total. The first-order chi connectivity index (χ1) is 18.5. The van der Waals surface area contributed by atoms with Gasteiger partial charge in [-0.05, 0) is 73.2 Å². The van der Waals surface area contributed by atoms with Crippen molar-refractivity contribution < 1.29 is 14.3 Å². The molecular weight excluding hydrogens is 584 g/mol. The lowest BCUT2D eigenvalue weighted by atomic mass is 9.95. The van der Waals surface area contributed by atoms with Crippen LogP contribution in [0.15, 0.2) is 76.2 Å². The van der Waals surface area contributed by atoms with Gasteiger partial charge in [-0.15, -0.1) is 11.3 Å². The standard InChI is InChI=1S/C30H26BrClN2O3S/c1-36-25-16-21(31)15-20(28(25)37-18-19-11-13-22(32)14-12-19)17-33-30-27(24-9-5-6-10-26(24)38-30)29(35)34-23-7-3-2-4-8-23/h2-4,7-8,11-17H,5-6,9-10,18H2,1H3,(H,34,35). The Kier molecular flexibility index (Phi) is 8.47. The molecule has 0 bridgehead atoms. The molecule has 5 rings (SSSR count). The molecule has 1 aliphatic carbocycles. The van der Waals surface area contributed by atoms with Crippen LogP contribution in [0.3, 0.4) is 0 Å². The number of aliphatic imine (C=N–C) groups is 1. The number of carbonyl (C=O) groups excluding carboxylic acids is 1. The number of halogens is 2. The smallest absolute Gasteiger partial charge is 0.259 e. The number of carbonyl (C=O) groups is 1. The Bertz CT molecular complexity index is 1470. The number of para-hydroxylation sites is 1. The Balaban J connectivity index is 1.48. The third kappa shape index (κ3) is 6.12. The number of methoxy groups -OCH3 is 1. The van der Waals surface area contributed by atoms with E-state index in [-0.39, 0.29) is 5.91 Å². The number of benzene rings is 3. The van der Waals surface area contributed by atoms with Crippen molar-refractivity contribution in [1.82, 2.24) is 0 Å². The number of ether oxygens (including phenoxy) is 2. The number of amides is 1. The van der Waals surface area contributed by atoms with E-state index in [4.69, 9.17) is 26.1 Å². The number of thiophene rings is 1. The second-order valence-electron chi connectivity index (χ2n) is 8.91. The van der Waals surface area contributed by atoms with Gasteiger partial charge in [-0.1, -0.05) is 57.9 Å². The highest BCUT2D eigenvalue weighted by molar-refractivity contribution is 9.10. The van der Waals surface area contributed by atoms with Gasteiger partial charge in [0, 0.05) is 31.8 Å². The monoisotopic (exact) mass is 608 g/mol. The van der Waals surface area contributed by atoms with Crippen molar-refractivity contribution in [2.45, 2.75) is 32.3 Å². The zero-order valence-corrected chi connectivity index (χ0v) is 24.0. The Morgan fingerprint density at radius 3 is 2.63 bits per heavy atom. The van der Waals surface area contributed by atoms with Gasteiger partial charge in [-0.25, -0.2) is 4.99 Å². The number of nitrogens with zero attached hydrogens (tertiary/aromatic N) is 1. The molecule has 0 saturated carbocycles. The van der Waals surface area contributed by atoms with Crippen molar-refractivity contribution in [2.24, 2.45) is 4.99 Å². The molecule has 194 valence electrons. The highest BCUT2D eigenvalue weighted by atomic mass is 79.9. The van der Waals surface area contributed by atoms with E-state index >= 15 is 0 Å². The first-order valence-electron chi connectivity index (χ1n) is 12.3. The largest absolute Gasteiger partial charge is 0.493 e. The average molecular weight is 610 g/mol. The lowest BCUT2D eigenvalue weighted by molar-refractivity contribution is 0.102. The Morgan fingerprint density at radius 1 is 1.11 bits per heavy atom. The van der Waals surface area contributed by atoms with Gasteiger partial charge in [-0.2, -0.15) is 0 Å². The van der Waals surface area contributed by atoms with Gasteiger partial charge in [0.2, 0.25) is 0 Å². The fourth-order valence-electron chi connectivity index (χ4n) is 4.45. The molecule has 1 aromatic heterocycles. The molecule has 0 aliphatic heterocycles. The van der Waals surface area contributed by atoms with Crippen LogP contribution in [-0.2, 0) is 19.4 Å². The Morgan fingerprint density at radius 2 is 1.87 bits per heavy atom. The van der Waals surface area contributed by atoms with Gasteiger partial charge in [0.25, 0.3) is 5.91 Å². The van der Waals surface area contributed by atoms with Gasteiger partial charge < -0.3 is 14.8 Å². The Labute approximate surface area is 239 Å². The quantitative estimate of drug-likeness (QED) is 0.203. The van der Waals surface area contributed by atoms with E-state index in [1.807, 2.05) is 66.7 Å². The van der Waals surface area contributed by atoms with Gasteiger partial charge in [0.1, 0.15) is 11.6 Å². The van der Waals surface area contributed by atoms with Gasteiger partial charge in [0.15, 0.2) is 11.5 Å². The number of fused-ring (bicyclic) bond motifs is 1. The summed E-state index contributed by atoms with van der Waals surface area (Å²) in [5, 5.41) is 4.42. The van der Waals surface area contributed by atoms with Crippen LogP contribution in [0, 0.1) is 0 Å². The summed E-state index contributed by atoms with van der Waals surface area (Å²) in [6.45, 7) is 0.341. The van der Waals surface area contributed by atoms with Gasteiger partial charge in [0.05, 0.1) is 12.7 Å². The van der Waals surface area contributed by atoms with E-state index in [0.29, 0.717) is 33.7 Å². The number of aryl methyl sites for hydroxylation is 1. The molecule has 0 spiro atoms. The number of anilines is 1.